The number of nitriles is 1. The number of nitrogens with one attached hydrogen (secondary N) is 1. The lowest BCUT2D eigenvalue weighted by atomic mass is 9.80. The molecule has 0 saturated carbocycles. The number of nitrogens with zero attached hydrogens (tertiary/aromatic N) is 3. The summed E-state index contributed by atoms with van der Waals surface area (Å²) in [4.78, 5) is 29.2. The number of aromatic nitrogens is 2. The highest BCUT2D eigenvalue weighted by Gasteiger charge is 2.52. The van der Waals surface area contributed by atoms with E-state index in [1.54, 1.807) is 21.3 Å². The second-order valence-corrected chi connectivity index (χ2v) is 22.1. The number of rotatable bonds is 21. The van der Waals surface area contributed by atoms with Crippen LogP contribution in [0, 0.1) is 11.3 Å². The largest absolute Gasteiger partial charge is 0.497 e. The van der Waals surface area contributed by atoms with Crippen LogP contribution in [0.25, 0.3) is 32.3 Å². The van der Waals surface area contributed by atoms with Gasteiger partial charge in [-0.3, -0.25) is 14.3 Å². The average Bonchev–Trinajstić information content (AvgIpc) is 3.81. The molecule has 1 saturated heterocycles. The molecule has 0 radical (unpaired) electrons. The third-order valence-electron chi connectivity index (χ3n) is 14.2. The minimum Gasteiger partial charge on any atom is -0.497 e. The molecule has 1 aliphatic rings. The van der Waals surface area contributed by atoms with Gasteiger partial charge in [0.15, 0.2) is 6.23 Å². The van der Waals surface area contributed by atoms with Crippen LogP contribution in [0.3, 0.4) is 0 Å². The molecule has 2 heterocycles. The lowest BCUT2D eigenvalue weighted by Crippen LogP contribution is -2.43. The Bertz CT molecular complexity index is 3350. The van der Waals surface area contributed by atoms with E-state index in [4.69, 9.17) is 37.5 Å². The zero-order valence-electron chi connectivity index (χ0n) is 44.9. The fourth-order valence-corrected chi connectivity index (χ4v) is 12.3. The van der Waals surface area contributed by atoms with Crippen molar-refractivity contribution in [3.8, 4) is 23.3 Å². The van der Waals surface area contributed by atoms with Crippen molar-refractivity contribution >= 4 is 40.8 Å². The summed E-state index contributed by atoms with van der Waals surface area (Å²) in [5.74, 6) is 2.02. The molecule has 9 rings (SSSR count). The van der Waals surface area contributed by atoms with E-state index in [0.29, 0.717) is 17.2 Å². The van der Waals surface area contributed by atoms with E-state index in [-0.39, 0.29) is 43.7 Å². The minimum absolute atomic E-state index is 0.0325. The predicted octanol–water partition coefficient (Wildman–Crippen LogP) is 11.9. The molecule has 14 nitrogen and oxygen atoms in total. The van der Waals surface area contributed by atoms with E-state index < -0.39 is 49.9 Å². The van der Waals surface area contributed by atoms with Crippen molar-refractivity contribution in [2.24, 2.45) is 0 Å². The van der Waals surface area contributed by atoms with Gasteiger partial charge in [0.05, 0.1) is 53.6 Å². The van der Waals surface area contributed by atoms with Crippen molar-refractivity contribution in [2.75, 3.05) is 34.5 Å². The predicted molar refractivity (Wildman–Crippen MR) is 298 cm³/mol. The van der Waals surface area contributed by atoms with Crippen molar-refractivity contribution in [2.45, 2.75) is 109 Å². The van der Waals surface area contributed by atoms with Crippen LogP contribution in [-0.4, -0.2) is 79.2 Å². The van der Waals surface area contributed by atoms with Crippen LogP contribution in [0.5, 0.6) is 17.2 Å². The third-order valence-corrected chi connectivity index (χ3v) is 16.3. The van der Waals surface area contributed by atoms with Gasteiger partial charge in [-0.15, -0.1) is 0 Å². The van der Waals surface area contributed by atoms with Gasteiger partial charge in [-0.05, 0) is 119 Å². The molecule has 8 aromatic rings. The molecule has 1 fully saturated rings. The minimum atomic E-state index is -1.93. The first-order chi connectivity index (χ1) is 36.6. The standard InChI is InChI=1S/C61H67N4O10P/c1-38(2)65(39(3)4)76(73-32-14-30-62)75-56-52(37-72-61(43-15-12-11-13-16-43,44-19-23-47(68-8)24-20-44)45-21-25-48(69-9)26-22-45)74-58(64-31-29-53(66)63-59(64)67)57(56)71-36-42-35-51(70-10)50-28-18-41-34-46(60(5,6)7)33-40-17-27-49(42)55(50)54(40)41/h11-13,15-29,31,33-35,38-39,52,56-58H,14,32,36-37H2,1-10H3,(H,63,66,67)/t52-,56-,57-,58-,76?/m1/s1. The van der Waals surface area contributed by atoms with Crippen LogP contribution in [0.1, 0.15) is 88.9 Å². The fourth-order valence-electron chi connectivity index (χ4n) is 10.5. The van der Waals surface area contributed by atoms with Gasteiger partial charge in [-0.1, -0.05) is 106 Å². The first-order valence-electron chi connectivity index (χ1n) is 25.7. The monoisotopic (exact) mass is 1050 g/mol. The molecule has 1 N–H and O–H groups in total. The molecule has 0 bridgehead atoms. The third kappa shape index (κ3) is 10.7. The quantitative estimate of drug-likeness (QED) is 0.0315. The normalized spacial score (nSPS) is 17.6. The second kappa shape index (κ2) is 22.9. The van der Waals surface area contributed by atoms with Gasteiger partial charge in [0.2, 0.25) is 0 Å². The first-order valence-corrected chi connectivity index (χ1v) is 26.8. The summed E-state index contributed by atoms with van der Waals surface area (Å²) in [5.41, 5.74) is 1.91. The number of methoxy groups -OCH3 is 3. The highest BCUT2D eigenvalue weighted by Crippen LogP contribution is 2.52. The molecule has 0 spiro atoms. The van der Waals surface area contributed by atoms with Gasteiger partial charge in [0.25, 0.3) is 14.1 Å². The number of aromatic amines is 1. The maximum Gasteiger partial charge on any atom is 0.330 e. The molecule has 1 aromatic heterocycles. The van der Waals surface area contributed by atoms with Crippen LogP contribution < -0.4 is 25.5 Å². The van der Waals surface area contributed by atoms with E-state index in [1.807, 2.05) is 84.9 Å². The molecule has 5 atom stereocenters. The lowest BCUT2D eigenvalue weighted by Gasteiger charge is -2.39. The van der Waals surface area contributed by atoms with Crippen molar-refractivity contribution < 1.29 is 37.5 Å². The van der Waals surface area contributed by atoms with Crippen molar-refractivity contribution in [3.63, 3.8) is 0 Å². The number of H-pyrrole nitrogens is 1. The van der Waals surface area contributed by atoms with E-state index in [0.717, 1.165) is 54.6 Å². The Balaban J connectivity index is 1.21. The average molecular weight is 1050 g/mol. The van der Waals surface area contributed by atoms with Gasteiger partial charge >= 0.3 is 5.69 Å². The Morgan fingerprint density at radius 1 is 0.724 bits per heavy atom. The summed E-state index contributed by atoms with van der Waals surface area (Å²) in [6, 6.07) is 44.0. The number of hydrogen-bond acceptors (Lipinski definition) is 12. The Morgan fingerprint density at radius 2 is 1.33 bits per heavy atom. The van der Waals surface area contributed by atoms with Crippen molar-refractivity contribution in [3.05, 3.63) is 182 Å². The molecular formula is C61H67N4O10P. The summed E-state index contributed by atoms with van der Waals surface area (Å²) in [5, 5.41) is 16.1. The van der Waals surface area contributed by atoms with Gasteiger partial charge in [0.1, 0.15) is 41.2 Å². The molecule has 396 valence electrons. The highest BCUT2D eigenvalue weighted by atomic mass is 31.2. The Labute approximate surface area is 445 Å². The molecule has 7 aromatic carbocycles. The van der Waals surface area contributed by atoms with E-state index in [1.165, 1.54) is 22.4 Å². The highest BCUT2D eigenvalue weighted by molar-refractivity contribution is 7.44. The van der Waals surface area contributed by atoms with E-state index in [9.17, 15) is 14.9 Å². The topological polar surface area (TPSA) is 156 Å². The Morgan fingerprint density at radius 3 is 1.88 bits per heavy atom. The summed E-state index contributed by atoms with van der Waals surface area (Å²) in [6.45, 7) is 15.0. The van der Waals surface area contributed by atoms with Gasteiger partial charge in [-0.25, -0.2) is 9.46 Å². The SMILES string of the molecule is COc1ccc(C(OC[C@H]2O[C@@H](n3ccc(=O)[nH]c3=O)[C@H](OCc3cc(OC)c4ccc5cc(C(C)(C)C)cc6ccc3c4c65)[C@@H]2OP(OCCC#N)N(C(C)C)C(C)C)(c2ccccc2)c2ccc(OC)cc2)cc1. The number of benzene rings is 7. The van der Waals surface area contributed by atoms with E-state index >= 15 is 0 Å². The smallest absolute Gasteiger partial charge is 0.330 e. The zero-order valence-corrected chi connectivity index (χ0v) is 45.8. The van der Waals surface area contributed by atoms with Crippen LogP contribution in [-0.2, 0) is 40.9 Å². The number of hydrogen-bond donors (Lipinski definition) is 1. The van der Waals surface area contributed by atoms with Crippen molar-refractivity contribution in [1.82, 2.24) is 14.2 Å². The maximum absolute atomic E-state index is 14.1. The molecule has 15 heteroatoms. The second-order valence-electron chi connectivity index (χ2n) is 20.7. The Kier molecular flexibility index (Phi) is 16.3. The molecular weight excluding hydrogens is 980 g/mol. The molecule has 0 amide bonds. The first kappa shape index (κ1) is 54.1. The van der Waals surface area contributed by atoms with Crippen LogP contribution in [0.2, 0.25) is 0 Å². The van der Waals surface area contributed by atoms with Crippen LogP contribution >= 0.6 is 8.53 Å². The Hall–Kier alpha value is -6.66. The summed E-state index contributed by atoms with van der Waals surface area (Å²) in [7, 11) is 2.99. The van der Waals surface area contributed by atoms with Gasteiger partial charge in [-0.2, -0.15) is 5.26 Å². The van der Waals surface area contributed by atoms with Crippen molar-refractivity contribution in [1.29, 1.82) is 5.26 Å². The van der Waals surface area contributed by atoms with Gasteiger partial charge in [0, 0.05) is 35.1 Å². The zero-order chi connectivity index (χ0) is 53.9. The fraction of sp³-hybridized carbons (Fsp3) is 0.361. The molecule has 0 aliphatic carbocycles. The van der Waals surface area contributed by atoms with Gasteiger partial charge < -0.3 is 37.5 Å². The maximum atomic E-state index is 14.1. The molecule has 1 aliphatic heterocycles. The summed E-state index contributed by atoms with van der Waals surface area (Å²) < 4.78 is 56.7. The summed E-state index contributed by atoms with van der Waals surface area (Å²) in [6.07, 6.45) is -2.59. The summed E-state index contributed by atoms with van der Waals surface area (Å²) >= 11 is 0. The number of ether oxygens (including phenoxy) is 6. The lowest BCUT2D eigenvalue weighted by molar-refractivity contribution is -0.0987. The van der Waals surface area contributed by atoms with Crippen LogP contribution in [0.4, 0.5) is 0 Å². The van der Waals surface area contributed by atoms with Crippen LogP contribution in [0.15, 0.2) is 143 Å². The molecule has 76 heavy (non-hydrogen) atoms. The van der Waals surface area contributed by atoms with E-state index in [2.05, 4.69) is 101 Å². The molecule has 1 unspecified atom stereocenters.